The largest absolute Gasteiger partial charge is 0.419 e. The molecule has 26 heavy (non-hydrogen) atoms. The highest BCUT2D eigenvalue weighted by Gasteiger charge is 2.35. The van der Waals surface area contributed by atoms with Gasteiger partial charge in [-0.1, -0.05) is 44.7 Å². The summed E-state index contributed by atoms with van der Waals surface area (Å²) in [7, 11) is 0. The Morgan fingerprint density at radius 3 is 2.31 bits per heavy atom. The minimum atomic E-state index is -4.64. The van der Waals surface area contributed by atoms with E-state index in [0.717, 1.165) is 48.8 Å². The first-order valence-corrected chi connectivity index (χ1v) is 9.94. The van der Waals surface area contributed by atoms with Crippen molar-refractivity contribution in [2.45, 2.75) is 70.9 Å². The summed E-state index contributed by atoms with van der Waals surface area (Å²) in [6, 6.07) is 3.39. The first-order valence-electron chi connectivity index (χ1n) is 9.94. The van der Waals surface area contributed by atoms with Crippen molar-refractivity contribution in [1.29, 1.82) is 0 Å². The van der Waals surface area contributed by atoms with Gasteiger partial charge in [0, 0.05) is 0 Å². The van der Waals surface area contributed by atoms with Crippen molar-refractivity contribution in [3.05, 3.63) is 41.2 Å². The Morgan fingerprint density at radius 1 is 1.00 bits per heavy atom. The van der Waals surface area contributed by atoms with Gasteiger partial charge >= 0.3 is 6.18 Å². The van der Waals surface area contributed by atoms with Gasteiger partial charge in [-0.3, -0.25) is 0 Å². The summed E-state index contributed by atoms with van der Waals surface area (Å²) >= 11 is 0. The molecule has 1 unspecified atom stereocenters. The van der Waals surface area contributed by atoms with E-state index in [1.54, 1.807) is 0 Å². The third-order valence-electron chi connectivity index (χ3n) is 6.35. The molecule has 1 fully saturated rings. The Hall–Kier alpha value is -1.32. The van der Waals surface area contributed by atoms with E-state index in [0.29, 0.717) is 11.5 Å². The molecule has 2 aliphatic carbocycles. The number of halogens is 4. The summed E-state index contributed by atoms with van der Waals surface area (Å²) in [5.41, 5.74) is 0.294. The number of hydrogen-bond acceptors (Lipinski definition) is 0. The van der Waals surface area contributed by atoms with Gasteiger partial charge in [-0.05, 0) is 73.1 Å². The zero-order chi connectivity index (χ0) is 18.7. The van der Waals surface area contributed by atoms with Crippen LogP contribution in [0.4, 0.5) is 17.6 Å². The van der Waals surface area contributed by atoms with Gasteiger partial charge in [0.05, 0.1) is 5.56 Å². The van der Waals surface area contributed by atoms with Crippen LogP contribution in [-0.2, 0) is 6.18 Å². The van der Waals surface area contributed by atoms with E-state index in [-0.39, 0.29) is 0 Å². The molecule has 0 nitrogen and oxygen atoms in total. The van der Waals surface area contributed by atoms with Crippen LogP contribution in [0.5, 0.6) is 0 Å². The van der Waals surface area contributed by atoms with Crippen LogP contribution in [-0.4, -0.2) is 0 Å². The number of hydrogen-bond donors (Lipinski definition) is 0. The molecule has 0 radical (unpaired) electrons. The van der Waals surface area contributed by atoms with Crippen molar-refractivity contribution in [2.24, 2.45) is 17.8 Å². The van der Waals surface area contributed by atoms with Crippen molar-refractivity contribution >= 4 is 5.57 Å². The fraction of sp³-hybridized carbons (Fsp3) is 0.636. The van der Waals surface area contributed by atoms with Crippen LogP contribution >= 0.6 is 0 Å². The molecule has 144 valence electrons. The molecule has 2 aliphatic rings. The van der Waals surface area contributed by atoms with Crippen LogP contribution in [0.1, 0.15) is 75.8 Å². The van der Waals surface area contributed by atoms with Crippen LogP contribution in [0, 0.1) is 23.6 Å². The van der Waals surface area contributed by atoms with E-state index in [2.05, 4.69) is 13.0 Å². The second kappa shape index (κ2) is 8.14. The highest BCUT2D eigenvalue weighted by atomic mass is 19.4. The smallest absolute Gasteiger partial charge is 0.206 e. The maximum atomic E-state index is 13.5. The maximum absolute atomic E-state index is 13.5. The van der Waals surface area contributed by atoms with Crippen LogP contribution < -0.4 is 0 Å². The Bertz CT molecular complexity index is 636. The second-order valence-electron chi connectivity index (χ2n) is 8.03. The average molecular weight is 368 g/mol. The molecule has 0 aromatic heterocycles. The van der Waals surface area contributed by atoms with Crippen LogP contribution in [0.3, 0.4) is 0 Å². The zero-order valence-electron chi connectivity index (χ0n) is 15.4. The number of alkyl halides is 3. The maximum Gasteiger partial charge on any atom is 0.419 e. The molecular formula is C22H28F4. The van der Waals surface area contributed by atoms with Crippen LogP contribution in [0.25, 0.3) is 5.57 Å². The lowest BCUT2D eigenvalue weighted by molar-refractivity contribution is -0.140. The topological polar surface area (TPSA) is 0 Å². The van der Waals surface area contributed by atoms with Crippen LogP contribution in [0.2, 0.25) is 0 Å². The van der Waals surface area contributed by atoms with E-state index in [4.69, 9.17) is 0 Å². The molecule has 0 amide bonds. The predicted molar refractivity (Wildman–Crippen MR) is 97.1 cm³/mol. The minimum Gasteiger partial charge on any atom is -0.206 e. The Morgan fingerprint density at radius 2 is 1.73 bits per heavy atom. The molecule has 0 bridgehead atoms. The quantitative estimate of drug-likeness (QED) is 0.479. The lowest BCUT2D eigenvalue weighted by atomic mass is 9.70. The third-order valence-corrected chi connectivity index (χ3v) is 6.35. The Balaban J connectivity index is 1.63. The van der Waals surface area contributed by atoms with Crippen molar-refractivity contribution in [1.82, 2.24) is 0 Å². The molecule has 4 heteroatoms. The van der Waals surface area contributed by atoms with E-state index < -0.39 is 17.6 Å². The second-order valence-corrected chi connectivity index (χ2v) is 8.03. The molecule has 0 saturated heterocycles. The van der Waals surface area contributed by atoms with Gasteiger partial charge in [0.2, 0.25) is 0 Å². The summed E-state index contributed by atoms with van der Waals surface area (Å²) in [6.07, 6.45) is 8.09. The van der Waals surface area contributed by atoms with E-state index in [1.165, 1.54) is 44.6 Å². The summed E-state index contributed by atoms with van der Waals surface area (Å²) in [6.45, 7) is 2.25. The van der Waals surface area contributed by atoms with Crippen molar-refractivity contribution in [3.8, 4) is 0 Å². The summed E-state index contributed by atoms with van der Waals surface area (Å²) in [5, 5.41) is 0. The fourth-order valence-corrected chi connectivity index (χ4v) is 4.84. The molecule has 1 aromatic carbocycles. The van der Waals surface area contributed by atoms with E-state index >= 15 is 0 Å². The van der Waals surface area contributed by atoms with Gasteiger partial charge in [0.25, 0.3) is 0 Å². The molecule has 0 N–H and O–H groups in total. The number of rotatable bonds is 4. The van der Waals surface area contributed by atoms with E-state index in [9.17, 15) is 17.6 Å². The summed E-state index contributed by atoms with van der Waals surface area (Å²) in [4.78, 5) is 0. The lowest BCUT2D eigenvalue weighted by Crippen LogP contribution is -2.23. The molecule has 3 rings (SSSR count). The molecule has 0 aliphatic heterocycles. The number of allylic oxidation sites excluding steroid dienone is 2. The molecule has 1 saturated carbocycles. The standard InChI is InChI=1S/C22H28F4/c1-2-3-15-4-6-16(7-5-15)17-8-10-18(11-9-17)19-12-13-21(23)20(14-19)22(24,25)26/h10,12-17H,2-9,11H2,1H3. The van der Waals surface area contributed by atoms with Crippen molar-refractivity contribution in [2.75, 3.05) is 0 Å². The zero-order valence-corrected chi connectivity index (χ0v) is 15.4. The van der Waals surface area contributed by atoms with Crippen LogP contribution in [0.15, 0.2) is 24.3 Å². The Labute approximate surface area is 153 Å². The molecule has 0 spiro atoms. The molecular weight excluding hydrogens is 340 g/mol. The first kappa shape index (κ1) is 19.4. The summed E-state index contributed by atoms with van der Waals surface area (Å²) in [5.74, 6) is 1.12. The third kappa shape index (κ3) is 4.50. The van der Waals surface area contributed by atoms with Gasteiger partial charge in [-0.15, -0.1) is 0 Å². The fourth-order valence-electron chi connectivity index (χ4n) is 4.84. The lowest BCUT2D eigenvalue weighted by Gasteiger charge is -2.35. The Kier molecular flexibility index (Phi) is 6.09. The highest BCUT2D eigenvalue weighted by Crippen LogP contribution is 2.42. The van der Waals surface area contributed by atoms with E-state index in [1.807, 2.05) is 0 Å². The predicted octanol–water partition coefficient (Wildman–Crippen LogP) is 7.63. The monoisotopic (exact) mass is 368 g/mol. The van der Waals surface area contributed by atoms with Gasteiger partial charge < -0.3 is 0 Å². The summed E-state index contributed by atoms with van der Waals surface area (Å²) < 4.78 is 52.3. The first-order chi connectivity index (χ1) is 12.4. The van der Waals surface area contributed by atoms with Crippen molar-refractivity contribution in [3.63, 3.8) is 0 Å². The van der Waals surface area contributed by atoms with Gasteiger partial charge in [-0.2, -0.15) is 13.2 Å². The normalized spacial score (nSPS) is 27.3. The minimum absolute atomic E-state index is 0.517. The van der Waals surface area contributed by atoms with Gasteiger partial charge in [0.15, 0.2) is 0 Å². The highest BCUT2D eigenvalue weighted by molar-refractivity contribution is 5.67. The average Bonchev–Trinajstić information content (AvgIpc) is 2.62. The SMILES string of the molecule is CCCC1CCC(C2CC=C(c3ccc(F)c(C(F)(F)F)c3)CC2)CC1. The molecule has 1 atom stereocenters. The van der Waals surface area contributed by atoms with Gasteiger partial charge in [-0.25, -0.2) is 4.39 Å². The van der Waals surface area contributed by atoms with Crippen molar-refractivity contribution < 1.29 is 17.6 Å². The van der Waals surface area contributed by atoms with Gasteiger partial charge in [0.1, 0.15) is 5.82 Å². The number of benzene rings is 1. The molecule has 0 heterocycles. The molecule has 1 aromatic rings.